The summed E-state index contributed by atoms with van der Waals surface area (Å²) in [6.07, 6.45) is 1.71. The summed E-state index contributed by atoms with van der Waals surface area (Å²) >= 11 is 5.89. The third kappa shape index (κ3) is 5.68. The number of urea groups is 1. The van der Waals surface area contributed by atoms with Crippen LogP contribution in [0.2, 0.25) is 5.02 Å². The number of carbonyl (C=O) groups is 2. The summed E-state index contributed by atoms with van der Waals surface area (Å²) in [5.74, 6) is -1.98. The average Bonchev–Trinajstić information content (AvgIpc) is 2.82. The van der Waals surface area contributed by atoms with Crippen molar-refractivity contribution in [3.8, 4) is 0 Å². The second kappa shape index (κ2) is 10.0. The minimum atomic E-state index is -0.839. The van der Waals surface area contributed by atoms with Gasteiger partial charge in [0, 0.05) is 41.3 Å². The van der Waals surface area contributed by atoms with E-state index in [4.69, 9.17) is 11.6 Å². The van der Waals surface area contributed by atoms with Gasteiger partial charge in [0.25, 0.3) is 5.91 Å². The molecular formula is C25H22ClF2N3O2. The van der Waals surface area contributed by atoms with E-state index in [0.29, 0.717) is 29.4 Å². The summed E-state index contributed by atoms with van der Waals surface area (Å²) in [5, 5.41) is 5.95. The van der Waals surface area contributed by atoms with Crippen LogP contribution in [0.1, 0.15) is 34.7 Å². The summed E-state index contributed by atoms with van der Waals surface area (Å²) in [5.41, 5.74) is 1.86. The summed E-state index contributed by atoms with van der Waals surface area (Å²) in [6, 6.07) is 16.8. The van der Waals surface area contributed by atoms with Crippen LogP contribution < -0.4 is 10.6 Å². The molecular weight excluding hydrogens is 448 g/mol. The molecule has 1 aliphatic rings. The van der Waals surface area contributed by atoms with Crippen LogP contribution in [0.4, 0.5) is 25.0 Å². The van der Waals surface area contributed by atoms with Gasteiger partial charge in [0.05, 0.1) is 5.69 Å². The number of rotatable bonds is 4. The van der Waals surface area contributed by atoms with Gasteiger partial charge in [0.1, 0.15) is 11.6 Å². The first-order valence-electron chi connectivity index (χ1n) is 10.6. The number of carbonyl (C=O) groups excluding carboxylic acids is 2. The van der Waals surface area contributed by atoms with Crippen molar-refractivity contribution in [1.82, 2.24) is 4.90 Å². The molecule has 1 atom stereocenters. The Morgan fingerprint density at radius 3 is 2.52 bits per heavy atom. The van der Waals surface area contributed by atoms with Crippen LogP contribution in [0, 0.1) is 11.6 Å². The molecule has 1 heterocycles. The first-order chi connectivity index (χ1) is 15.9. The minimum absolute atomic E-state index is 0.0602. The predicted octanol–water partition coefficient (Wildman–Crippen LogP) is 6.28. The molecule has 4 rings (SSSR count). The van der Waals surface area contributed by atoms with Crippen LogP contribution >= 0.6 is 11.6 Å². The molecule has 1 saturated heterocycles. The van der Waals surface area contributed by atoms with Crippen LogP contribution in [0.5, 0.6) is 0 Å². The smallest absolute Gasteiger partial charge is 0.321 e. The molecule has 0 aliphatic carbocycles. The maximum absolute atomic E-state index is 13.9. The van der Waals surface area contributed by atoms with Gasteiger partial charge < -0.3 is 15.5 Å². The van der Waals surface area contributed by atoms with E-state index in [0.717, 1.165) is 30.5 Å². The molecule has 2 N–H and O–H groups in total. The fraction of sp³-hybridized carbons (Fsp3) is 0.200. The Balaban J connectivity index is 1.43. The molecule has 3 amide bonds. The highest BCUT2D eigenvalue weighted by Crippen LogP contribution is 2.28. The molecule has 170 valence electrons. The third-order valence-electron chi connectivity index (χ3n) is 5.60. The van der Waals surface area contributed by atoms with E-state index in [1.165, 1.54) is 6.07 Å². The number of anilines is 2. The fourth-order valence-corrected chi connectivity index (χ4v) is 4.01. The SMILES string of the molecule is O=C(Nc1ccc(F)cc1F)c1cccc(C2CCCN(C(=O)Nc3ccc(Cl)cc3)C2)c1. The second-order valence-electron chi connectivity index (χ2n) is 7.93. The number of likely N-dealkylation sites (tertiary alicyclic amines) is 1. The number of nitrogens with zero attached hydrogens (tertiary/aromatic N) is 1. The Hall–Kier alpha value is -3.45. The number of halogens is 3. The van der Waals surface area contributed by atoms with Gasteiger partial charge in [-0.3, -0.25) is 4.79 Å². The molecule has 0 radical (unpaired) electrons. The maximum Gasteiger partial charge on any atom is 0.321 e. The zero-order valence-corrected chi connectivity index (χ0v) is 18.4. The Kier molecular flexibility index (Phi) is 6.89. The third-order valence-corrected chi connectivity index (χ3v) is 5.86. The molecule has 33 heavy (non-hydrogen) atoms. The van der Waals surface area contributed by atoms with E-state index < -0.39 is 17.5 Å². The normalized spacial score (nSPS) is 15.7. The van der Waals surface area contributed by atoms with Crippen molar-refractivity contribution in [3.63, 3.8) is 0 Å². The van der Waals surface area contributed by atoms with Crippen molar-refractivity contribution in [3.05, 3.63) is 94.5 Å². The number of amides is 3. The number of hydrogen-bond donors (Lipinski definition) is 2. The van der Waals surface area contributed by atoms with Gasteiger partial charge in [0.15, 0.2) is 0 Å². The van der Waals surface area contributed by atoms with E-state index in [2.05, 4.69) is 10.6 Å². The van der Waals surface area contributed by atoms with Crippen LogP contribution in [-0.4, -0.2) is 29.9 Å². The standard InChI is InChI=1S/C25H22ClF2N3O2/c26-19-6-9-21(10-7-19)29-25(33)31-12-2-5-18(15-31)16-3-1-4-17(13-16)24(32)30-23-11-8-20(27)14-22(23)28/h1,3-4,6-11,13-14,18H,2,5,12,15H2,(H,29,33)(H,30,32). The second-order valence-corrected chi connectivity index (χ2v) is 8.36. The van der Waals surface area contributed by atoms with Gasteiger partial charge >= 0.3 is 6.03 Å². The van der Waals surface area contributed by atoms with Crippen molar-refractivity contribution in [2.45, 2.75) is 18.8 Å². The average molecular weight is 470 g/mol. The molecule has 5 nitrogen and oxygen atoms in total. The van der Waals surface area contributed by atoms with Crippen LogP contribution in [0.3, 0.4) is 0 Å². The van der Waals surface area contributed by atoms with E-state index >= 15 is 0 Å². The van der Waals surface area contributed by atoms with Gasteiger partial charge in [0.2, 0.25) is 0 Å². The minimum Gasteiger partial charge on any atom is -0.324 e. The number of piperidine rings is 1. The summed E-state index contributed by atoms with van der Waals surface area (Å²) in [4.78, 5) is 27.1. The van der Waals surface area contributed by atoms with E-state index in [1.54, 1.807) is 47.4 Å². The molecule has 8 heteroatoms. The van der Waals surface area contributed by atoms with Gasteiger partial charge in [-0.15, -0.1) is 0 Å². The molecule has 0 spiro atoms. The van der Waals surface area contributed by atoms with Crippen LogP contribution in [0.25, 0.3) is 0 Å². The Morgan fingerprint density at radius 2 is 1.76 bits per heavy atom. The quantitative estimate of drug-likeness (QED) is 0.472. The first kappa shape index (κ1) is 22.7. The number of hydrogen-bond acceptors (Lipinski definition) is 2. The van der Waals surface area contributed by atoms with Crippen molar-refractivity contribution in [1.29, 1.82) is 0 Å². The van der Waals surface area contributed by atoms with Crippen molar-refractivity contribution >= 4 is 34.9 Å². The zero-order chi connectivity index (χ0) is 23.4. The topological polar surface area (TPSA) is 61.4 Å². The molecule has 3 aromatic carbocycles. The van der Waals surface area contributed by atoms with E-state index in [9.17, 15) is 18.4 Å². The summed E-state index contributed by atoms with van der Waals surface area (Å²) in [6.45, 7) is 1.15. The zero-order valence-electron chi connectivity index (χ0n) is 17.7. The largest absolute Gasteiger partial charge is 0.324 e. The lowest BCUT2D eigenvalue weighted by Gasteiger charge is -2.33. The van der Waals surface area contributed by atoms with Crippen molar-refractivity contribution in [2.75, 3.05) is 23.7 Å². The van der Waals surface area contributed by atoms with Gasteiger partial charge in [-0.25, -0.2) is 13.6 Å². The lowest BCUT2D eigenvalue weighted by atomic mass is 9.89. The van der Waals surface area contributed by atoms with E-state index in [1.807, 2.05) is 6.07 Å². The molecule has 1 unspecified atom stereocenters. The monoisotopic (exact) mass is 469 g/mol. The molecule has 0 saturated carbocycles. The highest BCUT2D eigenvalue weighted by atomic mass is 35.5. The Morgan fingerprint density at radius 1 is 0.970 bits per heavy atom. The highest BCUT2D eigenvalue weighted by Gasteiger charge is 2.25. The van der Waals surface area contributed by atoms with Gasteiger partial charge in [-0.2, -0.15) is 0 Å². The number of benzene rings is 3. The summed E-state index contributed by atoms with van der Waals surface area (Å²) in [7, 11) is 0. The lowest BCUT2D eigenvalue weighted by Crippen LogP contribution is -2.41. The van der Waals surface area contributed by atoms with Gasteiger partial charge in [-0.05, 0) is 66.9 Å². The molecule has 0 bridgehead atoms. The fourth-order valence-electron chi connectivity index (χ4n) is 3.89. The molecule has 1 aliphatic heterocycles. The summed E-state index contributed by atoms with van der Waals surface area (Å²) < 4.78 is 27.0. The Labute approximate surface area is 195 Å². The number of nitrogens with one attached hydrogen (secondary N) is 2. The molecule has 1 fully saturated rings. The van der Waals surface area contributed by atoms with Crippen molar-refractivity contribution in [2.24, 2.45) is 0 Å². The Bertz CT molecular complexity index is 1170. The first-order valence-corrected chi connectivity index (χ1v) is 10.9. The van der Waals surface area contributed by atoms with Crippen LogP contribution in [0.15, 0.2) is 66.7 Å². The van der Waals surface area contributed by atoms with Gasteiger partial charge in [-0.1, -0.05) is 23.7 Å². The van der Waals surface area contributed by atoms with Crippen molar-refractivity contribution < 1.29 is 18.4 Å². The highest BCUT2D eigenvalue weighted by molar-refractivity contribution is 6.30. The molecule has 3 aromatic rings. The predicted molar refractivity (Wildman–Crippen MR) is 125 cm³/mol. The lowest BCUT2D eigenvalue weighted by molar-refractivity contribution is 0.102. The maximum atomic E-state index is 13.9. The van der Waals surface area contributed by atoms with E-state index in [-0.39, 0.29) is 17.6 Å². The van der Waals surface area contributed by atoms with Crippen LogP contribution in [-0.2, 0) is 0 Å². The molecule has 0 aromatic heterocycles.